The average Bonchev–Trinajstić information content (AvgIpc) is 2.29. The number of aryl methyl sites for hydroxylation is 1. The zero-order valence-electron chi connectivity index (χ0n) is 6.39. The summed E-state index contributed by atoms with van der Waals surface area (Å²) in [4.78, 5) is 3.31. The molecule has 0 amide bonds. The fourth-order valence-electron chi connectivity index (χ4n) is 0.890. The van der Waals surface area contributed by atoms with E-state index < -0.39 is 12.0 Å². The van der Waals surface area contributed by atoms with Crippen LogP contribution in [0.2, 0.25) is 0 Å². The third kappa shape index (κ3) is 1.58. The van der Waals surface area contributed by atoms with Crippen molar-refractivity contribution >= 4 is 0 Å². The van der Waals surface area contributed by atoms with Crippen molar-refractivity contribution in [2.45, 2.75) is 12.7 Å². The number of nitrogens with two attached hydrogens (primary N) is 1. The van der Waals surface area contributed by atoms with Crippen LogP contribution in [-0.2, 0) is 19.8 Å². The van der Waals surface area contributed by atoms with Crippen LogP contribution in [0.25, 0.3) is 0 Å². The first-order valence-corrected chi connectivity index (χ1v) is 3.24. The maximum absolute atomic E-state index is 12.1. The van der Waals surface area contributed by atoms with Gasteiger partial charge in [-0.3, -0.25) is 0 Å². The maximum atomic E-state index is 12.1. The average molecular weight is 179 g/mol. The summed E-state index contributed by atoms with van der Waals surface area (Å²) < 4.78 is 37.1. The first-order valence-electron chi connectivity index (χ1n) is 3.24. The highest BCUT2D eigenvalue weighted by molar-refractivity contribution is 5.05. The molecule has 1 aromatic rings. The monoisotopic (exact) mass is 179 g/mol. The molecule has 12 heavy (non-hydrogen) atoms. The molecule has 0 unspecified atom stereocenters. The second-order valence-electron chi connectivity index (χ2n) is 2.37. The molecule has 1 rings (SSSR count). The van der Waals surface area contributed by atoms with Gasteiger partial charge in [0.25, 0.3) is 0 Å². The normalized spacial score (nSPS) is 12.1. The summed E-state index contributed by atoms with van der Waals surface area (Å²) in [5.41, 5.74) is 5.37. The van der Waals surface area contributed by atoms with Crippen LogP contribution in [0.4, 0.5) is 13.2 Å². The third-order valence-electron chi connectivity index (χ3n) is 1.39. The first kappa shape index (κ1) is 9.05. The van der Waals surface area contributed by atoms with E-state index in [1.165, 1.54) is 13.2 Å². The van der Waals surface area contributed by atoms with Crippen molar-refractivity contribution in [3.63, 3.8) is 0 Å². The number of rotatable bonds is 1. The van der Waals surface area contributed by atoms with Gasteiger partial charge in [0.1, 0.15) is 0 Å². The van der Waals surface area contributed by atoms with Crippen molar-refractivity contribution in [2.24, 2.45) is 12.8 Å². The molecule has 6 heteroatoms. The summed E-state index contributed by atoms with van der Waals surface area (Å²) in [7, 11) is 1.29. The number of imidazole rings is 1. The Bertz CT molecular complexity index is 276. The summed E-state index contributed by atoms with van der Waals surface area (Å²) >= 11 is 0. The predicted molar refractivity (Wildman–Crippen MR) is 36.1 cm³/mol. The van der Waals surface area contributed by atoms with E-state index >= 15 is 0 Å². The van der Waals surface area contributed by atoms with Crippen LogP contribution < -0.4 is 5.73 Å². The summed E-state index contributed by atoms with van der Waals surface area (Å²) in [5, 5.41) is 0. The molecule has 1 aromatic heterocycles. The highest BCUT2D eigenvalue weighted by atomic mass is 19.4. The number of alkyl halides is 3. The van der Waals surface area contributed by atoms with E-state index in [2.05, 4.69) is 4.98 Å². The van der Waals surface area contributed by atoms with E-state index in [1.54, 1.807) is 0 Å². The summed E-state index contributed by atoms with van der Waals surface area (Å²) in [6, 6.07) is 0. The fourth-order valence-corrected chi connectivity index (χ4v) is 0.890. The highest BCUT2D eigenvalue weighted by Gasteiger charge is 2.35. The van der Waals surface area contributed by atoms with E-state index in [1.807, 2.05) is 0 Å². The smallest absolute Gasteiger partial charge is 0.330 e. The molecule has 0 saturated carbocycles. The van der Waals surface area contributed by atoms with Gasteiger partial charge in [-0.05, 0) is 0 Å². The van der Waals surface area contributed by atoms with E-state index in [-0.39, 0.29) is 12.2 Å². The SMILES string of the molecule is Cn1cc(CN)nc1C(F)(F)F. The van der Waals surface area contributed by atoms with Crippen LogP contribution >= 0.6 is 0 Å². The number of aromatic nitrogens is 2. The van der Waals surface area contributed by atoms with Crippen LogP contribution in [0.5, 0.6) is 0 Å². The molecular formula is C6H8F3N3. The maximum Gasteiger partial charge on any atom is 0.449 e. The van der Waals surface area contributed by atoms with Gasteiger partial charge in [-0.25, -0.2) is 4.98 Å². The lowest BCUT2D eigenvalue weighted by Crippen LogP contribution is -2.12. The molecule has 2 N–H and O–H groups in total. The standard InChI is InChI=1S/C6H8F3N3/c1-12-3-4(2-10)11-5(12)6(7,8)9/h3H,2,10H2,1H3. The zero-order valence-corrected chi connectivity index (χ0v) is 6.39. The molecule has 0 fully saturated rings. The molecule has 0 bridgehead atoms. The molecule has 0 aromatic carbocycles. The summed E-state index contributed by atoms with van der Waals surface area (Å²) in [6.07, 6.45) is -3.13. The Labute approximate surface area is 67.0 Å². The molecule has 1 heterocycles. The Kier molecular flexibility index (Phi) is 2.10. The van der Waals surface area contributed by atoms with Gasteiger partial charge in [0.05, 0.1) is 5.69 Å². The number of hydrogen-bond donors (Lipinski definition) is 1. The minimum absolute atomic E-state index is 0.0178. The Morgan fingerprint density at radius 2 is 2.17 bits per heavy atom. The molecular weight excluding hydrogens is 171 g/mol. The van der Waals surface area contributed by atoms with E-state index in [9.17, 15) is 13.2 Å². The number of nitrogens with zero attached hydrogens (tertiary/aromatic N) is 2. The second kappa shape index (κ2) is 2.78. The molecule has 0 aliphatic heterocycles. The molecule has 0 saturated heterocycles. The van der Waals surface area contributed by atoms with E-state index in [0.29, 0.717) is 0 Å². The van der Waals surface area contributed by atoms with Gasteiger partial charge in [0, 0.05) is 19.8 Å². The van der Waals surface area contributed by atoms with Crippen molar-refractivity contribution in [2.75, 3.05) is 0 Å². The molecule has 0 atom stereocenters. The Morgan fingerprint density at radius 1 is 1.58 bits per heavy atom. The van der Waals surface area contributed by atoms with Gasteiger partial charge in [-0.2, -0.15) is 13.2 Å². The lowest BCUT2D eigenvalue weighted by molar-refractivity contribution is -0.146. The van der Waals surface area contributed by atoms with Crippen LogP contribution in [0.3, 0.4) is 0 Å². The molecule has 68 valence electrons. The Hall–Kier alpha value is -1.04. The topological polar surface area (TPSA) is 43.8 Å². The van der Waals surface area contributed by atoms with Gasteiger partial charge in [-0.1, -0.05) is 0 Å². The summed E-state index contributed by atoms with van der Waals surface area (Å²) in [6.45, 7) is 0.0178. The number of hydrogen-bond acceptors (Lipinski definition) is 2. The van der Waals surface area contributed by atoms with Gasteiger partial charge in [0.15, 0.2) is 0 Å². The lowest BCUT2D eigenvalue weighted by atomic mass is 10.5. The van der Waals surface area contributed by atoms with Crippen LogP contribution in [0.15, 0.2) is 6.20 Å². The van der Waals surface area contributed by atoms with E-state index in [0.717, 1.165) is 4.57 Å². The molecule has 0 radical (unpaired) electrons. The predicted octanol–water partition coefficient (Wildman–Crippen LogP) is 0.898. The van der Waals surface area contributed by atoms with Gasteiger partial charge < -0.3 is 10.3 Å². The summed E-state index contributed by atoms with van der Waals surface area (Å²) in [5.74, 6) is -0.914. The highest BCUT2D eigenvalue weighted by Crippen LogP contribution is 2.27. The Balaban J connectivity index is 3.08. The lowest BCUT2D eigenvalue weighted by Gasteiger charge is -2.04. The second-order valence-corrected chi connectivity index (χ2v) is 2.37. The minimum atomic E-state index is -4.40. The molecule has 3 nitrogen and oxygen atoms in total. The Morgan fingerprint density at radius 3 is 2.42 bits per heavy atom. The van der Waals surface area contributed by atoms with Gasteiger partial charge >= 0.3 is 6.18 Å². The third-order valence-corrected chi connectivity index (χ3v) is 1.39. The molecule has 0 aliphatic rings. The molecule has 0 aliphatic carbocycles. The van der Waals surface area contributed by atoms with Crippen molar-refractivity contribution < 1.29 is 13.2 Å². The van der Waals surface area contributed by atoms with Crippen molar-refractivity contribution in [1.82, 2.24) is 9.55 Å². The van der Waals surface area contributed by atoms with Gasteiger partial charge in [0.2, 0.25) is 5.82 Å². The van der Waals surface area contributed by atoms with Gasteiger partial charge in [-0.15, -0.1) is 0 Å². The van der Waals surface area contributed by atoms with E-state index in [4.69, 9.17) is 5.73 Å². The number of halogens is 3. The fraction of sp³-hybridized carbons (Fsp3) is 0.500. The molecule has 0 spiro atoms. The van der Waals surface area contributed by atoms with Crippen LogP contribution in [0.1, 0.15) is 11.5 Å². The van der Waals surface area contributed by atoms with Crippen LogP contribution in [0, 0.1) is 0 Å². The van der Waals surface area contributed by atoms with Crippen molar-refractivity contribution in [1.29, 1.82) is 0 Å². The van der Waals surface area contributed by atoms with Crippen molar-refractivity contribution in [3.8, 4) is 0 Å². The zero-order chi connectivity index (χ0) is 9.35. The minimum Gasteiger partial charge on any atom is -0.330 e. The van der Waals surface area contributed by atoms with Crippen molar-refractivity contribution in [3.05, 3.63) is 17.7 Å². The van der Waals surface area contributed by atoms with Crippen LogP contribution in [-0.4, -0.2) is 9.55 Å². The first-order chi connectivity index (χ1) is 5.45. The largest absolute Gasteiger partial charge is 0.449 e. The quantitative estimate of drug-likeness (QED) is 0.696.